The van der Waals surface area contributed by atoms with E-state index in [2.05, 4.69) is 23.0 Å². The molecule has 106 valence electrons. The highest BCUT2D eigenvalue weighted by Gasteiger charge is 2.31. The highest BCUT2D eigenvalue weighted by molar-refractivity contribution is 5.71. The summed E-state index contributed by atoms with van der Waals surface area (Å²) in [6.07, 6.45) is 2.36. The molecule has 0 saturated heterocycles. The number of aromatic nitrogens is 2. The number of ether oxygens (including phenoxy) is 1. The molecule has 19 heavy (non-hydrogen) atoms. The third-order valence-electron chi connectivity index (χ3n) is 3.35. The van der Waals surface area contributed by atoms with Gasteiger partial charge >= 0.3 is 5.97 Å². The van der Waals surface area contributed by atoms with E-state index in [1.807, 2.05) is 18.5 Å². The van der Waals surface area contributed by atoms with E-state index in [1.165, 1.54) is 18.5 Å². The van der Waals surface area contributed by atoms with Gasteiger partial charge in [-0.2, -0.15) is 5.10 Å². The summed E-state index contributed by atoms with van der Waals surface area (Å²) in [6, 6.07) is 2.63. The fraction of sp³-hybridized carbons (Fsp3) is 0.714. The van der Waals surface area contributed by atoms with Gasteiger partial charge in [-0.15, -0.1) is 0 Å². The van der Waals surface area contributed by atoms with E-state index in [4.69, 9.17) is 4.74 Å². The van der Waals surface area contributed by atoms with Gasteiger partial charge in [-0.1, -0.05) is 0 Å². The Balaban J connectivity index is 2.01. The van der Waals surface area contributed by atoms with Gasteiger partial charge < -0.3 is 4.74 Å². The molecule has 1 aromatic rings. The van der Waals surface area contributed by atoms with Crippen molar-refractivity contribution in [3.8, 4) is 0 Å². The van der Waals surface area contributed by atoms with Crippen LogP contribution in [0.2, 0.25) is 0 Å². The molecule has 5 heteroatoms. The van der Waals surface area contributed by atoms with Crippen LogP contribution >= 0.6 is 0 Å². The zero-order valence-corrected chi connectivity index (χ0v) is 12.1. The number of carbonyl (C=O) groups excluding carboxylic acids is 1. The van der Waals surface area contributed by atoms with E-state index in [1.54, 1.807) is 0 Å². The van der Waals surface area contributed by atoms with Gasteiger partial charge in [-0.25, -0.2) is 0 Å². The monoisotopic (exact) mass is 265 g/mol. The zero-order valence-electron chi connectivity index (χ0n) is 12.1. The van der Waals surface area contributed by atoms with Gasteiger partial charge in [0.1, 0.15) is 0 Å². The lowest BCUT2D eigenvalue weighted by atomic mass is 10.3. The van der Waals surface area contributed by atoms with Crippen molar-refractivity contribution in [1.82, 2.24) is 14.7 Å². The quantitative estimate of drug-likeness (QED) is 0.705. The summed E-state index contributed by atoms with van der Waals surface area (Å²) >= 11 is 0. The van der Waals surface area contributed by atoms with E-state index >= 15 is 0 Å². The average Bonchev–Trinajstić information content (AvgIpc) is 3.14. The molecule has 0 unspecified atom stereocenters. The molecule has 0 aliphatic heterocycles. The van der Waals surface area contributed by atoms with Crippen molar-refractivity contribution in [2.75, 3.05) is 13.2 Å². The molecule has 1 aliphatic carbocycles. The number of nitrogens with zero attached hydrogens (tertiary/aromatic N) is 3. The van der Waals surface area contributed by atoms with Crippen LogP contribution in [-0.4, -0.2) is 39.8 Å². The smallest absolute Gasteiger partial charge is 0.320 e. The minimum absolute atomic E-state index is 0.131. The van der Waals surface area contributed by atoms with Gasteiger partial charge in [-0.3, -0.25) is 14.4 Å². The fourth-order valence-electron chi connectivity index (χ4n) is 2.33. The molecule has 0 bridgehead atoms. The summed E-state index contributed by atoms with van der Waals surface area (Å²) in [5.41, 5.74) is 2.21. The number of esters is 1. The molecule has 1 fully saturated rings. The predicted molar refractivity (Wildman–Crippen MR) is 72.7 cm³/mol. The molecular formula is C14H23N3O2. The lowest BCUT2D eigenvalue weighted by Gasteiger charge is -2.21. The van der Waals surface area contributed by atoms with Crippen LogP contribution in [0.1, 0.15) is 38.1 Å². The first-order chi connectivity index (χ1) is 9.13. The number of hydrogen-bond acceptors (Lipinski definition) is 4. The second kappa shape index (κ2) is 6.19. The lowest BCUT2D eigenvalue weighted by molar-refractivity contribution is -0.144. The Morgan fingerprint density at radius 2 is 2.26 bits per heavy atom. The Bertz CT molecular complexity index is 438. The maximum Gasteiger partial charge on any atom is 0.320 e. The Hall–Kier alpha value is -1.36. The highest BCUT2D eigenvalue weighted by atomic mass is 16.5. The van der Waals surface area contributed by atoms with E-state index in [9.17, 15) is 4.79 Å². The average molecular weight is 265 g/mol. The van der Waals surface area contributed by atoms with Crippen LogP contribution in [0.3, 0.4) is 0 Å². The molecule has 1 heterocycles. The van der Waals surface area contributed by atoms with Crippen LogP contribution in [0.25, 0.3) is 0 Å². The summed E-state index contributed by atoms with van der Waals surface area (Å²) in [7, 11) is 0. The summed E-state index contributed by atoms with van der Waals surface area (Å²) < 4.78 is 7.06. The SMILES string of the molecule is CCOC(=O)CN(Cc1cc(C)nn1CC)C1CC1. The van der Waals surface area contributed by atoms with Crippen LogP contribution in [0, 0.1) is 6.92 Å². The first-order valence-corrected chi connectivity index (χ1v) is 7.07. The highest BCUT2D eigenvalue weighted by Crippen LogP contribution is 2.28. The van der Waals surface area contributed by atoms with Crippen LogP contribution in [0.4, 0.5) is 0 Å². The van der Waals surface area contributed by atoms with Crippen molar-refractivity contribution in [3.63, 3.8) is 0 Å². The summed E-state index contributed by atoms with van der Waals surface area (Å²) in [6.45, 7) is 8.40. The Morgan fingerprint density at radius 3 is 2.84 bits per heavy atom. The van der Waals surface area contributed by atoms with Gasteiger partial charge in [0, 0.05) is 19.1 Å². The fourth-order valence-corrected chi connectivity index (χ4v) is 2.33. The number of hydrogen-bond donors (Lipinski definition) is 0. The van der Waals surface area contributed by atoms with Gasteiger partial charge in [0.15, 0.2) is 0 Å². The van der Waals surface area contributed by atoms with Gasteiger partial charge in [-0.05, 0) is 39.7 Å². The third kappa shape index (κ3) is 3.80. The Morgan fingerprint density at radius 1 is 1.53 bits per heavy atom. The van der Waals surface area contributed by atoms with Crippen LogP contribution in [-0.2, 0) is 22.6 Å². The maximum absolute atomic E-state index is 11.6. The van der Waals surface area contributed by atoms with Crippen molar-refractivity contribution >= 4 is 5.97 Å². The molecule has 0 atom stereocenters. The first kappa shape index (κ1) is 14.1. The van der Waals surface area contributed by atoms with Crippen molar-refractivity contribution in [2.24, 2.45) is 0 Å². The van der Waals surface area contributed by atoms with Crippen LogP contribution in [0.5, 0.6) is 0 Å². The maximum atomic E-state index is 11.6. The van der Waals surface area contributed by atoms with E-state index < -0.39 is 0 Å². The van der Waals surface area contributed by atoms with Crippen molar-refractivity contribution in [3.05, 3.63) is 17.5 Å². The molecule has 0 radical (unpaired) electrons. The van der Waals surface area contributed by atoms with Gasteiger partial charge in [0.2, 0.25) is 0 Å². The zero-order chi connectivity index (χ0) is 13.8. The minimum atomic E-state index is -0.131. The summed E-state index contributed by atoms with van der Waals surface area (Å²) in [5.74, 6) is -0.131. The standard InChI is InChI=1S/C14H23N3O2/c1-4-17-13(8-11(3)15-17)9-16(12-6-7-12)10-14(18)19-5-2/h8,12H,4-7,9-10H2,1-3H3. The van der Waals surface area contributed by atoms with Crippen molar-refractivity contribution in [1.29, 1.82) is 0 Å². The summed E-state index contributed by atoms with van der Waals surface area (Å²) in [4.78, 5) is 13.9. The largest absolute Gasteiger partial charge is 0.465 e. The predicted octanol–water partition coefficient (Wildman–Crippen LogP) is 1.74. The van der Waals surface area contributed by atoms with Crippen molar-refractivity contribution < 1.29 is 9.53 Å². The second-order valence-electron chi connectivity index (χ2n) is 5.03. The second-order valence-corrected chi connectivity index (χ2v) is 5.03. The number of carbonyl (C=O) groups is 1. The molecule has 5 nitrogen and oxygen atoms in total. The lowest BCUT2D eigenvalue weighted by Crippen LogP contribution is -2.33. The molecular weight excluding hydrogens is 242 g/mol. The first-order valence-electron chi connectivity index (χ1n) is 7.07. The number of rotatable bonds is 7. The normalized spacial score (nSPS) is 14.9. The summed E-state index contributed by atoms with van der Waals surface area (Å²) in [5, 5.41) is 4.45. The minimum Gasteiger partial charge on any atom is -0.465 e. The van der Waals surface area contributed by atoms with E-state index in [0.717, 1.165) is 18.8 Å². The molecule has 0 N–H and O–H groups in total. The van der Waals surface area contributed by atoms with Gasteiger partial charge in [0.25, 0.3) is 0 Å². The molecule has 0 amide bonds. The molecule has 1 aliphatic rings. The molecule has 1 saturated carbocycles. The van der Waals surface area contributed by atoms with E-state index in [-0.39, 0.29) is 5.97 Å². The molecule has 2 rings (SSSR count). The Labute approximate surface area is 114 Å². The number of aryl methyl sites for hydroxylation is 2. The van der Waals surface area contributed by atoms with E-state index in [0.29, 0.717) is 19.2 Å². The van der Waals surface area contributed by atoms with Crippen LogP contribution < -0.4 is 0 Å². The topological polar surface area (TPSA) is 47.4 Å². The molecule has 0 spiro atoms. The van der Waals surface area contributed by atoms with Gasteiger partial charge in [0.05, 0.1) is 24.5 Å². The Kier molecular flexibility index (Phi) is 4.58. The molecule has 0 aromatic carbocycles. The van der Waals surface area contributed by atoms with Crippen molar-refractivity contribution in [2.45, 2.75) is 52.7 Å². The molecule has 1 aromatic heterocycles. The third-order valence-corrected chi connectivity index (χ3v) is 3.35. The van der Waals surface area contributed by atoms with Crippen LogP contribution in [0.15, 0.2) is 6.07 Å².